The molecule has 3 rings (SSSR count). The first-order valence-corrected chi connectivity index (χ1v) is 8.21. The highest BCUT2D eigenvalue weighted by Gasteiger charge is 2.11. The smallest absolute Gasteiger partial charge is 0.226 e. The predicted octanol–water partition coefficient (Wildman–Crippen LogP) is 3.57. The Bertz CT molecular complexity index is 707. The standard InChI is InChI=1S/C13H14N4OS2/c1-8(2)5-11-16-10(17-18-11)6-20-13-12-9(3-4-19-12)14-7-15-13/h3-4,7-8H,5-6H2,1-2H3. The van der Waals surface area contributed by atoms with E-state index in [1.165, 1.54) is 0 Å². The molecule has 3 aromatic rings. The van der Waals surface area contributed by atoms with E-state index in [4.69, 9.17) is 4.52 Å². The average Bonchev–Trinajstić information content (AvgIpc) is 3.04. The topological polar surface area (TPSA) is 64.7 Å². The summed E-state index contributed by atoms with van der Waals surface area (Å²) in [5.74, 6) is 2.60. The Kier molecular flexibility index (Phi) is 3.98. The van der Waals surface area contributed by atoms with Crippen molar-refractivity contribution in [2.45, 2.75) is 31.0 Å². The molecule has 0 radical (unpaired) electrons. The van der Waals surface area contributed by atoms with Gasteiger partial charge in [0.2, 0.25) is 5.89 Å². The lowest BCUT2D eigenvalue weighted by Gasteiger charge is -1.98. The van der Waals surface area contributed by atoms with E-state index >= 15 is 0 Å². The van der Waals surface area contributed by atoms with Gasteiger partial charge < -0.3 is 4.52 Å². The van der Waals surface area contributed by atoms with Gasteiger partial charge in [0, 0.05) is 6.42 Å². The average molecular weight is 306 g/mol. The predicted molar refractivity (Wildman–Crippen MR) is 79.8 cm³/mol. The largest absolute Gasteiger partial charge is 0.339 e. The van der Waals surface area contributed by atoms with Crippen LogP contribution in [-0.2, 0) is 12.2 Å². The Morgan fingerprint density at radius 1 is 1.35 bits per heavy atom. The van der Waals surface area contributed by atoms with Crippen molar-refractivity contribution < 1.29 is 4.52 Å². The molecule has 3 aromatic heterocycles. The van der Waals surface area contributed by atoms with Crippen LogP contribution >= 0.6 is 23.1 Å². The van der Waals surface area contributed by atoms with Crippen LogP contribution in [0, 0.1) is 5.92 Å². The zero-order chi connectivity index (χ0) is 13.9. The SMILES string of the molecule is CC(C)Cc1nc(CSc2ncnc3ccsc23)no1. The quantitative estimate of drug-likeness (QED) is 0.530. The summed E-state index contributed by atoms with van der Waals surface area (Å²) in [6, 6.07) is 2.00. The van der Waals surface area contributed by atoms with E-state index in [1.807, 2.05) is 11.4 Å². The maximum Gasteiger partial charge on any atom is 0.226 e. The van der Waals surface area contributed by atoms with Gasteiger partial charge in [-0.2, -0.15) is 4.98 Å². The number of thioether (sulfide) groups is 1. The minimum atomic E-state index is 0.517. The van der Waals surface area contributed by atoms with Gasteiger partial charge in [0.1, 0.15) is 11.4 Å². The van der Waals surface area contributed by atoms with E-state index in [9.17, 15) is 0 Å². The third-order valence-corrected chi connectivity index (χ3v) is 4.67. The van der Waals surface area contributed by atoms with Crippen molar-refractivity contribution in [2.75, 3.05) is 0 Å². The molecule has 0 saturated heterocycles. The summed E-state index contributed by atoms with van der Waals surface area (Å²) in [7, 11) is 0. The fraction of sp³-hybridized carbons (Fsp3) is 0.385. The molecule has 0 spiro atoms. The Balaban J connectivity index is 1.70. The molecule has 3 heterocycles. The lowest BCUT2D eigenvalue weighted by atomic mass is 10.1. The monoisotopic (exact) mass is 306 g/mol. The minimum absolute atomic E-state index is 0.517. The van der Waals surface area contributed by atoms with Crippen LogP contribution < -0.4 is 0 Å². The van der Waals surface area contributed by atoms with Crippen molar-refractivity contribution in [3.63, 3.8) is 0 Å². The van der Waals surface area contributed by atoms with Gasteiger partial charge in [-0.3, -0.25) is 0 Å². The Hall–Kier alpha value is -1.47. The zero-order valence-electron chi connectivity index (χ0n) is 11.2. The lowest BCUT2D eigenvalue weighted by Crippen LogP contribution is -1.94. The van der Waals surface area contributed by atoms with Gasteiger partial charge in [0.05, 0.1) is 16.0 Å². The highest BCUT2D eigenvalue weighted by atomic mass is 32.2. The summed E-state index contributed by atoms with van der Waals surface area (Å²) >= 11 is 3.27. The molecule has 20 heavy (non-hydrogen) atoms. The number of aromatic nitrogens is 4. The van der Waals surface area contributed by atoms with Crippen molar-refractivity contribution in [2.24, 2.45) is 5.92 Å². The number of hydrogen-bond acceptors (Lipinski definition) is 7. The van der Waals surface area contributed by atoms with E-state index in [2.05, 4.69) is 34.0 Å². The maximum absolute atomic E-state index is 5.23. The lowest BCUT2D eigenvalue weighted by molar-refractivity contribution is 0.360. The molecule has 0 amide bonds. The Morgan fingerprint density at radius 2 is 2.25 bits per heavy atom. The first kappa shape index (κ1) is 13.5. The van der Waals surface area contributed by atoms with Crippen molar-refractivity contribution in [1.82, 2.24) is 20.1 Å². The highest BCUT2D eigenvalue weighted by Crippen LogP contribution is 2.30. The van der Waals surface area contributed by atoms with E-state index in [0.717, 1.165) is 21.7 Å². The molecule has 104 valence electrons. The molecule has 0 N–H and O–H groups in total. The summed E-state index contributed by atoms with van der Waals surface area (Å²) in [5, 5.41) is 7.00. The molecule has 0 aliphatic rings. The van der Waals surface area contributed by atoms with Crippen LogP contribution in [0.15, 0.2) is 27.3 Å². The molecule has 7 heteroatoms. The van der Waals surface area contributed by atoms with Crippen LogP contribution in [0.2, 0.25) is 0 Å². The number of thiophene rings is 1. The van der Waals surface area contributed by atoms with Gasteiger partial charge in [0.25, 0.3) is 0 Å². The van der Waals surface area contributed by atoms with Gasteiger partial charge in [-0.15, -0.1) is 11.3 Å². The highest BCUT2D eigenvalue weighted by molar-refractivity contribution is 7.98. The second-order valence-corrected chi connectivity index (χ2v) is 6.68. The number of nitrogens with zero attached hydrogens (tertiary/aromatic N) is 4. The van der Waals surface area contributed by atoms with E-state index in [0.29, 0.717) is 23.4 Å². The van der Waals surface area contributed by atoms with Crippen LogP contribution in [0.1, 0.15) is 25.6 Å². The molecule has 0 aliphatic carbocycles. The molecule has 0 aliphatic heterocycles. The summed E-state index contributed by atoms with van der Waals surface area (Å²) in [6.07, 6.45) is 2.41. The molecule has 0 aromatic carbocycles. The Morgan fingerprint density at radius 3 is 3.10 bits per heavy atom. The van der Waals surface area contributed by atoms with Crippen LogP contribution in [0.5, 0.6) is 0 Å². The molecular formula is C13H14N4OS2. The first-order chi connectivity index (χ1) is 9.72. The number of fused-ring (bicyclic) bond motifs is 1. The van der Waals surface area contributed by atoms with Gasteiger partial charge in [0.15, 0.2) is 5.82 Å². The van der Waals surface area contributed by atoms with Gasteiger partial charge in [-0.05, 0) is 17.4 Å². The summed E-state index contributed by atoms with van der Waals surface area (Å²) in [6.45, 7) is 4.26. The van der Waals surface area contributed by atoms with Crippen LogP contribution in [0.25, 0.3) is 10.2 Å². The first-order valence-electron chi connectivity index (χ1n) is 6.35. The fourth-order valence-electron chi connectivity index (χ4n) is 1.78. The van der Waals surface area contributed by atoms with Crippen molar-refractivity contribution >= 4 is 33.3 Å². The molecule has 0 atom stereocenters. The zero-order valence-corrected chi connectivity index (χ0v) is 12.9. The fourth-order valence-corrected chi connectivity index (χ4v) is 3.57. The molecule has 5 nitrogen and oxygen atoms in total. The van der Waals surface area contributed by atoms with Crippen LogP contribution in [0.4, 0.5) is 0 Å². The van der Waals surface area contributed by atoms with Crippen LogP contribution in [-0.4, -0.2) is 20.1 Å². The number of rotatable bonds is 5. The normalized spacial score (nSPS) is 11.6. The maximum atomic E-state index is 5.23. The van der Waals surface area contributed by atoms with Crippen molar-refractivity contribution in [3.05, 3.63) is 29.5 Å². The third-order valence-electron chi connectivity index (χ3n) is 2.64. The van der Waals surface area contributed by atoms with Crippen molar-refractivity contribution in [3.8, 4) is 0 Å². The molecule has 0 saturated carbocycles. The minimum Gasteiger partial charge on any atom is -0.339 e. The summed E-state index contributed by atoms with van der Waals surface area (Å²) in [4.78, 5) is 12.9. The van der Waals surface area contributed by atoms with Gasteiger partial charge in [-0.1, -0.05) is 30.8 Å². The molecule has 0 bridgehead atoms. The second-order valence-electron chi connectivity index (χ2n) is 4.80. The Labute approximate surface area is 124 Å². The molecular weight excluding hydrogens is 292 g/mol. The summed E-state index contributed by atoms with van der Waals surface area (Å²) in [5.41, 5.74) is 0.987. The number of hydrogen-bond donors (Lipinski definition) is 0. The van der Waals surface area contributed by atoms with E-state index in [1.54, 1.807) is 29.4 Å². The van der Waals surface area contributed by atoms with E-state index < -0.39 is 0 Å². The molecule has 0 fully saturated rings. The van der Waals surface area contributed by atoms with E-state index in [-0.39, 0.29) is 0 Å². The van der Waals surface area contributed by atoms with Crippen molar-refractivity contribution in [1.29, 1.82) is 0 Å². The van der Waals surface area contributed by atoms with Gasteiger partial charge in [-0.25, -0.2) is 9.97 Å². The summed E-state index contributed by atoms with van der Waals surface area (Å²) < 4.78 is 6.35. The van der Waals surface area contributed by atoms with Crippen LogP contribution in [0.3, 0.4) is 0 Å². The molecule has 0 unspecified atom stereocenters. The van der Waals surface area contributed by atoms with Gasteiger partial charge >= 0.3 is 0 Å². The third kappa shape index (κ3) is 2.99. The second kappa shape index (κ2) is 5.88.